The minimum absolute atomic E-state index is 0.808. The lowest BCUT2D eigenvalue weighted by Crippen LogP contribution is -1.86. The highest BCUT2D eigenvalue weighted by Crippen LogP contribution is 2.30. The monoisotopic (exact) mass is 245 g/mol. The van der Waals surface area contributed by atoms with Gasteiger partial charge < -0.3 is 4.42 Å². The summed E-state index contributed by atoms with van der Waals surface area (Å²) in [5, 5.41) is 7.24. The van der Waals surface area contributed by atoms with E-state index >= 15 is 0 Å². The van der Waals surface area contributed by atoms with Crippen molar-refractivity contribution < 1.29 is 4.42 Å². The fourth-order valence-corrected chi connectivity index (χ4v) is 2.55. The zero-order chi connectivity index (χ0) is 11.8. The first kappa shape index (κ1) is 10.3. The van der Waals surface area contributed by atoms with E-state index in [4.69, 9.17) is 4.42 Å². The molecule has 0 saturated heterocycles. The SMILES string of the molecule is Cc1nn(C)cc1-c1csc(-c2ccco2)n1. The summed E-state index contributed by atoms with van der Waals surface area (Å²) >= 11 is 1.58. The van der Waals surface area contributed by atoms with Gasteiger partial charge in [-0.25, -0.2) is 4.98 Å². The van der Waals surface area contributed by atoms with Gasteiger partial charge in [-0.15, -0.1) is 11.3 Å². The van der Waals surface area contributed by atoms with Gasteiger partial charge in [0.05, 0.1) is 17.7 Å². The summed E-state index contributed by atoms with van der Waals surface area (Å²) in [6, 6.07) is 3.78. The van der Waals surface area contributed by atoms with Gasteiger partial charge in [-0.2, -0.15) is 5.10 Å². The molecule has 0 radical (unpaired) electrons. The molecule has 0 aliphatic carbocycles. The molecule has 3 aromatic rings. The van der Waals surface area contributed by atoms with Gasteiger partial charge in [0, 0.05) is 24.2 Å². The Morgan fingerprint density at radius 3 is 2.94 bits per heavy atom. The summed E-state index contributed by atoms with van der Waals surface area (Å²) in [5.74, 6) is 0.808. The zero-order valence-corrected chi connectivity index (χ0v) is 10.4. The molecule has 0 atom stereocenters. The minimum atomic E-state index is 0.808. The summed E-state index contributed by atoms with van der Waals surface area (Å²) in [5.41, 5.74) is 3.01. The predicted octanol–water partition coefficient (Wildman–Crippen LogP) is 3.11. The Kier molecular flexibility index (Phi) is 2.33. The number of thiazole rings is 1. The van der Waals surface area contributed by atoms with Crippen molar-refractivity contribution in [3.63, 3.8) is 0 Å². The molecule has 3 heterocycles. The standard InChI is InChI=1S/C12H11N3OS/c1-8-9(6-15(2)14-8)10-7-17-12(13-10)11-4-3-5-16-11/h3-7H,1-2H3. The lowest BCUT2D eigenvalue weighted by molar-refractivity contribution is 0.582. The highest BCUT2D eigenvalue weighted by Gasteiger charge is 2.12. The normalized spacial score (nSPS) is 10.9. The van der Waals surface area contributed by atoms with E-state index in [0.717, 1.165) is 27.7 Å². The van der Waals surface area contributed by atoms with E-state index < -0.39 is 0 Å². The van der Waals surface area contributed by atoms with Gasteiger partial charge in [0.15, 0.2) is 10.8 Å². The molecule has 0 bridgehead atoms. The van der Waals surface area contributed by atoms with Crippen LogP contribution in [0.4, 0.5) is 0 Å². The van der Waals surface area contributed by atoms with E-state index in [1.54, 1.807) is 22.3 Å². The Balaban J connectivity index is 2.03. The van der Waals surface area contributed by atoms with Gasteiger partial charge >= 0.3 is 0 Å². The van der Waals surface area contributed by atoms with Crippen LogP contribution in [0.25, 0.3) is 22.0 Å². The molecule has 0 aliphatic heterocycles. The molecule has 0 unspecified atom stereocenters. The van der Waals surface area contributed by atoms with Gasteiger partial charge in [0.1, 0.15) is 0 Å². The molecule has 0 fully saturated rings. The highest BCUT2D eigenvalue weighted by atomic mass is 32.1. The number of aryl methyl sites for hydroxylation is 2. The Labute approximate surface area is 103 Å². The number of furan rings is 1. The summed E-state index contributed by atoms with van der Waals surface area (Å²) in [6.07, 6.45) is 3.64. The topological polar surface area (TPSA) is 43.9 Å². The lowest BCUT2D eigenvalue weighted by Gasteiger charge is -1.91. The molecular formula is C12H11N3OS. The van der Waals surface area contributed by atoms with Crippen molar-refractivity contribution in [3.05, 3.63) is 35.7 Å². The first-order valence-corrected chi connectivity index (χ1v) is 6.12. The van der Waals surface area contributed by atoms with Crippen LogP contribution in [-0.2, 0) is 7.05 Å². The second-order valence-corrected chi connectivity index (χ2v) is 4.68. The van der Waals surface area contributed by atoms with Gasteiger partial charge in [-0.05, 0) is 19.1 Å². The minimum Gasteiger partial charge on any atom is -0.462 e. The average Bonchev–Trinajstić information content (AvgIpc) is 2.97. The lowest BCUT2D eigenvalue weighted by atomic mass is 10.2. The number of hydrogen-bond donors (Lipinski definition) is 0. The quantitative estimate of drug-likeness (QED) is 0.696. The summed E-state index contributed by atoms with van der Waals surface area (Å²) in [6.45, 7) is 1.99. The van der Waals surface area contributed by atoms with Gasteiger partial charge in [0.25, 0.3) is 0 Å². The van der Waals surface area contributed by atoms with E-state index in [1.165, 1.54) is 0 Å². The number of aromatic nitrogens is 3. The molecule has 3 rings (SSSR count). The van der Waals surface area contributed by atoms with E-state index in [0.29, 0.717) is 0 Å². The second kappa shape index (κ2) is 3.85. The van der Waals surface area contributed by atoms with Crippen molar-refractivity contribution >= 4 is 11.3 Å². The van der Waals surface area contributed by atoms with Crippen LogP contribution in [-0.4, -0.2) is 14.8 Å². The molecule has 0 aliphatic rings. The summed E-state index contributed by atoms with van der Waals surface area (Å²) in [4.78, 5) is 4.57. The number of hydrogen-bond acceptors (Lipinski definition) is 4. The molecule has 0 amide bonds. The maximum atomic E-state index is 5.33. The molecule has 86 valence electrons. The molecule has 17 heavy (non-hydrogen) atoms. The van der Waals surface area contributed by atoms with E-state index in [1.807, 2.05) is 37.7 Å². The molecule has 3 aromatic heterocycles. The Hall–Kier alpha value is -1.88. The van der Waals surface area contributed by atoms with Crippen LogP contribution in [0.3, 0.4) is 0 Å². The van der Waals surface area contributed by atoms with Crippen LogP contribution in [0.15, 0.2) is 34.4 Å². The molecular weight excluding hydrogens is 234 g/mol. The van der Waals surface area contributed by atoms with Gasteiger partial charge in [-0.3, -0.25) is 4.68 Å². The maximum absolute atomic E-state index is 5.33. The highest BCUT2D eigenvalue weighted by molar-refractivity contribution is 7.13. The van der Waals surface area contributed by atoms with Crippen LogP contribution in [0.5, 0.6) is 0 Å². The van der Waals surface area contributed by atoms with Crippen LogP contribution >= 0.6 is 11.3 Å². The van der Waals surface area contributed by atoms with E-state index in [2.05, 4.69) is 10.1 Å². The van der Waals surface area contributed by atoms with Crippen LogP contribution in [0.1, 0.15) is 5.69 Å². The van der Waals surface area contributed by atoms with Crippen molar-refractivity contribution in [1.29, 1.82) is 0 Å². The van der Waals surface area contributed by atoms with Crippen molar-refractivity contribution in [2.45, 2.75) is 6.92 Å². The van der Waals surface area contributed by atoms with Crippen molar-refractivity contribution in [2.24, 2.45) is 7.05 Å². The third-order valence-corrected chi connectivity index (χ3v) is 3.38. The average molecular weight is 245 g/mol. The van der Waals surface area contributed by atoms with Gasteiger partial charge in [0.2, 0.25) is 0 Å². The second-order valence-electron chi connectivity index (χ2n) is 3.82. The number of nitrogens with zero attached hydrogens (tertiary/aromatic N) is 3. The fourth-order valence-electron chi connectivity index (χ4n) is 1.76. The van der Waals surface area contributed by atoms with Crippen LogP contribution in [0.2, 0.25) is 0 Å². The predicted molar refractivity (Wildman–Crippen MR) is 66.8 cm³/mol. The molecule has 0 N–H and O–H groups in total. The van der Waals surface area contributed by atoms with Crippen molar-refractivity contribution in [3.8, 4) is 22.0 Å². The number of rotatable bonds is 2. The Bertz CT molecular complexity index is 637. The largest absolute Gasteiger partial charge is 0.462 e. The molecule has 0 spiro atoms. The molecule has 0 aromatic carbocycles. The third kappa shape index (κ3) is 1.78. The molecule has 4 nitrogen and oxygen atoms in total. The first-order chi connectivity index (χ1) is 8.24. The van der Waals surface area contributed by atoms with Crippen molar-refractivity contribution in [1.82, 2.24) is 14.8 Å². The summed E-state index contributed by atoms with van der Waals surface area (Å²) < 4.78 is 7.13. The fraction of sp³-hybridized carbons (Fsp3) is 0.167. The summed E-state index contributed by atoms with van der Waals surface area (Å²) in [7, 11) is 1.91. The first-order valence-electron chi connectivity index (χ1n) is 5.24. The molecule has 5 heteroatoms. The molecule has 0 saturated carbocycles. The van der Waals surface area contributed by atoms with Gasteiger partial charge in [-0.1, -0.05) is 0 Å². The smallest absolute Gasteiger partial charge is 0.162 e. The van der Waals surface area contributed by atoms with Crippen LogP contribution in [0, 0.1) is 6.92 Å². The Morgan fingerprint density at radius 2 is 2.29 bits per heavy atom. The zero-order valence-electron chi connectivity index (χ0n) is 9.54. The van der Waals surface area contributed by atoms with Crippen molar-refractivity contribution in [2.75, 3.05) is 0 Å². The maximum Gasteiger partial charge on any atom is 0.162 e. The van der Waals surface area contributed by atoms with E-state index in [9.17, 15) is 0 Å². The van der Waals surface area contributed by atoms with E-state index in [-0.39, 0.29) is 0 Å². The third-order valence-electron chi connectivity index (χ3n) is 2.53. The Morgan fingerprint density at radius 1 is 1.41 bits per heavy atom. The van der Waals surface area contributed by atoms with Crippen LogP contribution < -0.4 is 0 Å².